The Labute approximate surface area is 183 Å². The van der Waals surface area contributed by atoms with Gasteiger partial charge in [-0.3, -0.25) is 9.59 Å². The minimum Gasteiger partial charge on any atom is -0.326 e. The van der Waals surface area contributed by atoms with Crippen molar-refractivity contribution in [1.29, 1.82) is 0 Å². The van der Waals surface area contributed by atoms with Crippen LogP contribution < -0.4 is 10.2 Å². The molecule has 1 N–H and O–H groups in total. The zero-order valence-corrected chi connectivity index (χ0v) is 19.0. The molecule has 1 saturated carbocycles. The van der Waals surface area contributed by atoms with Crippen LogP contribution in [0.2, 0.25) is 0 Å². The summed E-state index contributed by atoms with van der Waals surface area (Å²) in [5.41, 5.74) is 4.55. The summed E-state index contributed by atoms with van der Waals surface area (Å²) in [4.78, 5) is 26.9. The van der Waals surface area contributed by atoms with Crippen molar-refractivity contribution in [2.24, 2.45) is 5.92 Å². The number of nitrogens with zero attached hydrogens (tertiary/aromatic N) is 1. The topological polar surface area (TPSA) is 83.6 Å². The second-order valence-electron chi connectivity index (χ2n) is 8.74. The van der Waals surface area contributed by atoms with Crippen molar-refractivity contribution >= 4 is 33.0 Å². The molecule has 0 spiro atoms. The first kappa shape index (κ1) is 21.6. The van der Waals surface area contributed by atoms with Crippen LogP contribution in [0.4, 0.5) is 11.4 Å². The Kier molecular flexibility index (Phi) is 5.64. The number of aryl methyl sites for hydroxylation is 2. The van der Waals surface area contributed by atoms with E-state index in [1.807, 2.05) is 43.9 Å². The summed E-state index contributed by atoms with van der Waals surface area (Å²) >= 11 is 0. The fourth-order valence-corrected chi connectivity index (χ4v) is 5.34. The van der Waals surface area contributed by atoms with Gasteiger partial charge in [0.05, 0.1) is 10.6 Å². The highest BCUT2D eigenvalue weighted by Crippen LogP contribution is 2.39. The SMILES string of the molecule is Cc1ccc(NC(=O)CCS(=O)(=O)c2ccc3c(c2)C[C@@H](C)N3C(=O)C2CC2)cc1C. The Morgan fingerprint density at radius 2 is 1.81 bits per heavy atom. The minimum atomic E-state index is -3.61. The zero-order chi connectivity index (χ0) is 22.3. The highest BCUT2D eigenvalue weighted by atomic mass is 32.2. The standard InChI is InChI=1S/C24H28N2O4S/c1-15-4-7-20(12-16(15)2)25-23(27)10-11-31(29,30)21-8-9-22-19(14-21)13-17(3)26(22)24(28)18-5-6-18/h4,7-9,12,14,17-18H,5-6,10-11,13H2,1-3H3,(H,25,27)/t17-/m1/s1. The van der Waals surface area contributed by atoms with Crippen molar-refractivity contribution in [2.45, 2.75) is 57.4 Å². The lowest BCUT2D eigenvalue weighted by Gasteiger charge is -2.22. The molecule has 1 fully saturated rings. The fourth-order valence-electron chi connectivity index (χ4n) is 4.05. The molecule has 164 valence electrons. The molecule has 31 heavy (non-hydrogen) atoms. The number of nitrogens with one attached hydrogen (secondary N) is 1. The van der Waals surface area contributed by atoms with Crippen LogP contribution >= 0.6 is 0 Å². The van der Waals surface area contributed by atoms with Crippen LogP contribution in [0.25, 0.3) is 0 Å². The third kappa shape index (κ3) is 4.51. The van der Waals surface area contributed by atoms with Gasteiger partial charge in [-0.15, -0.1) is 0 Å². The second kappa shape index (κ2) is 8.11. The number of benzene rings is 2. The number of anilines is 2. The maximum absolute atomic E-state index is 12.8. The predicted molar refractivity (Wildman–Crippen MR) is 121 cm³/mol. The van der Waals surface area contributed by atoms with Gasteiger partial charge in [0, 0.05) is 29.8 Å². The quantitative estimate of drug-likeness (QED) is 0.741. The Hall–Kier alpha value is -2.67. The van der Waals surface area contributed by atoms with E-state index in [0.717, 1.165) is 35.2 Å². The average Bonchev–Trinajstić information content (AvgIpc) is 3.51. The Morgan fingerprint density at radius 3 is 2.48 bits per heavy atom. The molecule has 1 heterocycles. The van der Waals surface area contributed by atoms with E-state index in [9.17, 15) is 18.0 Å². The molecule has 0 saturated heterocycles. The van der Waals surface area contributed by atoms with Crippen molar-refractivity contribution in [3.05, 3.63) is 53.1 Å². The zero-order valence-electron chi connectivity index (χ0n) is 18.1. The summed E-state index contributed by atoms with van der Waals surface area (Å²) in [6.45, 7) is 5.95. The lowest BCUT2D eigenvalue weighted by Crippen LogP contribution is -2.36. The van der Waals surface area contributed by atoms with Gasteiger partial charge in [0.2, 0.25) is 11.8 Å². The molecule has 1 aliphatic carbocycles. The molecule has 0 bridgehead atoms. The number of hydrogen-bond acceptors (Lipinski definition) is 4. The van der Waals surface area contributed by atoms with Gasteiger partial charge in [-0.25, -0.2) is 8.42 Å². The van der Waals surface area contributed by atoms with Gasteiger partial charge in [0.1, 0.15) is 0 Å². The van der Waals surface area contributed by atoms with Crippen LogP contribution in [0.3, 0.4) is 0 Å². The van der Waals surface area contributed by atoms with E-state index in [1.54, 1.807) is 18.2 Å². The van der Waals surface area contributed by atoms with Crippen molar-refractivity contribution in [3.8, 4) is 0 Å². The molecule has 1 aliphatic heterocycles. The molecule has 0 radical (unpaired) electrons. The Bertz CT molecular complexity index is 1150. The summed E-state index contributed by atoms with van der Waals surface area (Å²) < 4.78 is 25.7. The van der Waals surface area contributed by atoms with E-state index in [-0.39, 0.29) is 40.8 Å². The van der Waals surface area contributed by atoms with Gasteiger partial charge in [-0.2, -0.15) is 0 Å². The van der Waals surface area contributed by atoms with Crippen LogP contribution in [0, 0.1) is 19.8 Å². The number of rotatable bonds is 6. The molecule has 2 aromatic carbocycles. The van der Waals surface area contributed by atoms with Crippen LogP contribution in [-0.2, 0) is 25.8 Å². The Balaban J connectivity index is 1.43. The third-order valence-corrected chi connectivity index (χ3v) is 7.89. The largest absolute Gasteiger partial charge is 0.326 e. The van der Waals surface area contributed by atoms with Crippen LogP contribution in [0.1, 0.15) is 42.9 Å². The summed E-state index contributed by atoms with van der Waals surface area (Å²) in [7, 11) is -3.61. The van der Waals surface area contributed by atoms with Crippen molar-refractivity contribution in [1.82, 2.24) is 0 Å². The normalized spacial score (nSPS) is 18.0. The van der Waals surface area contributed by atoms with Gasteiger partial charge in [0.25, 0.3) is 0 Å². The van der Waals surface area contributed by atoms with E-state index in [1.165, 1.54) is 0 Å². The smallest absolute Gasteiger partial charge is 0.230 e. The lowest BCUT2D eigenvalue weighted by atomic mass is 10.1. The molecule has 0 aromatic heterocycles. The summed E-state index contributed by atoms with van der Waals surface area (Å²) in [6, 6.07) is 10.6. The van der Waals surface area contributed by atoms with E-state index in [2.05, 4.69) is 5.32 Å². The number of amides is 2. The molecule has 6 nitrogen and oxygen atoms in total. The number of carbonyl (C=O) groups excluding carboxylic acids is 2. The maximum Gasteiger partial charge on any atom is 0.230 e. The first-order valence-electron chi connectivity index (χ1n) is 10.7. The summed E-state index contributed by atoms with van der Waals surface area (Å²) in [6.07, 6.45) is 2.40. The molecule has 1 atom stereocenters. The monoisotopic (exact) mass is 440 g/mol. The van der Waals surface area contributed by atoms with Crippen LogP contribution in [0.15, 0.2) is 41.3 Å². The van der Waals surface area contributed by atoms with Gasteiger partial charge in [-0.05, 0) is 87.1 Å². The molecular formula is C24H28N2O4S. The van der Waals surface area contributed by atoms with Gasteiger partial charge in [0.15, 0.2) is 9.84 Å². The minimum absolute atomic E-state index is 0.0322. The van der Waals surface area contributed by atoms with E-state index in [4.69, 9.17) is 0 Å². The van der Waals surface area contributed by atoms with E-state index >= 15 is 0 Å². The molecule has 4 rings (SSSR count). The number of fused-ring (bicyclic) bond motifs is 1. The highest BCUT2D eigenvalue weighted by molar-refractivity contribution is 7.91. The number of carbonyl (C=O) groups is 2. The summed E-state index contributed by atoms with van der Waals surface area (Å²) in [5, 5.41) is 2.77. The predicted octanol–water partition coefficient (Wildman–Crippen LogP) is 3.79. The van der Waals surface area contributed by atoms with Crippen molar-refractivity contribution in [2.75, 3.05) is 16.0 Å². The molecule has 2 amide bonds. The first-order valence-corrected chi connectivity index (χ1v) is 12.4. The van der Waals surface area contributed by atoms with Crippen LogP contribution in [-0.4, -0.2) is 32.0 Å². The Morgan fingerprint density at radius 1 is 1.06 bits per heavy atom. The van der Waals surface area contributed by atoms with Gasteiger partial charge in [-0.1, -0.05) is 6.07 Å². The van der Waals surface area contributed by atoms with E-state index in [0.29, 0.717) is 12.1 Å². The number of hydrogen-bond donors (Lipinski definition) is 1. The van der Waals surface area contributed by atoms with Gasteiger partial charge < -0.3 is 10.2 Å². The average molecular weight is 441 g/mol. The van der Waals surface area contributed by atoms with Crippen molar-refractivity contribution < 1.29 is 18.0 Å². The van der Waals surface area contributed by atoms with Crippen molar-refractivity contribution in [3.63, 3.8) is 0 Å². The molecule has 2 aliphatic rings. The highest BCUT2D eigenvalue weighted by Gasteiger charge is 2.39. The molecule has 2 aromatic rings. The second-order valence-corrected chi connectivity index (χ2v) is 10.9. The van der Waals surface area contributed by atoms with E-state index < -0.39 is 9.84 Å². The summed E-state index contributed by atoms with van der Waals surface area (Å²) in [5.74, 6) is -0.330. The molecule has 7 heteroatoms. The first-order chi connectivity index (χ1) is 14.7. The van der Waals surface area contributed by atoms with Gasteiger partial charge >= 0.3 is 0 Å². The lowest BCUT2D eigenvalue weighted by molar-refractivity contribution is -0.120. The molecule has 0 unspecified atom stereocenters. The fraction of sp³-hybridized carbons (Fsp3) is 0.417. The van der Waals surface area contributed by atoms with Crippen LogP contribution in [0.5, 0.6) is 0 Å². The third-order valence-electron chi connectivity index (χ3n) is 6.18. The maximum atomic E-state index is 12.8. The number of sulfone groups is 1. The molecular weight excluding hydrogens is 412 g/mol.